The molecule has 0 amide bonds. The number of halogens is 1. The van der Waals surface area contributed by atoms with Crippen molar-refractivity contribution in [3.05, 3.63) is 0 Å². The second kappa shape index (κ2) is 5.62. The zero-order valence-corrected chi connectivity index (χ0v) is 10.0. The molecule has 94 valence electrons. The van der Waals surface area contributed by atoms with Crippen LogP contribution >= 0.6 is 0 Å². The van der Waals surface area contributed by atoms with Crippen LogP contribution in [-0.2, 0) is 9.53 Å². The minimum absolute atomic E-state index is 0.206. The van der Waals surface area contributed by atoms with Crippen LogP contribution in [0.15, 0.2) is 0 Å². The number of rotatable bonds is 5. The average molecular weight is 232 g/mol. The van der Waals surface area contributed by atoms with Crippen LogP contribution in [0, 0.1) is 0 Å². The first-order valence-electron chi connectivity index (χ1n) is 6.03. The maximum atomic E-state index is 13.9. The van der Waals surface area contributed by atoms with Gasteiger partial charge < -0.3 is 9.84 Å². The molecule has 0 aromatic rings. The summed E-state index contributed by atoms with van der Waals surface area (Å²) in [5.41, 5.74) is -1.89. The van der Waals surface area contributed by atoms with E-state index < -0.39 is 17.7 Å². The predicted molar refractivity (Wildman–Crippen MR) is 58.8 cm³/mol. The van der Waals surface area contributed by atoms with Crippen molar-refractivity contribution < 1.29 is 19.0 Å². The van der Waals surface area contributed by atoms with Crippen LogP contribution in [-0.4, -0.2) is 29.0 Å². The summed E-state index contributed by atoms with van der Waals surface area (Å²) in [4.78, 5) is 11.6. The SMILES string of the molecule is CCCCC(C)(F)C(=O)OC1CCC(O)C1. The molecule has 0 aromatic carbocycles. The number of ether oxygens (including phenoxy) is 1. The van der Waals surface area contributed by atoms with Crippen LogP contribution in [0.4, 0.5) is 4.39 Å². The number of hydrogen-bond donors (Lipinski definition) is 1. The molecule has 4 heteroatoms. The van der Waals surface area contributed by atoms with Gasteiger partial charge in [0.05, 0.1) is 6.10 Å². The molecule has 3 atom stereocenters. The topological polar surface area (TPSA) is 46.5 Å². The summed E-state index contributed by atoms with van der Waals surface area (Å²) in [6, 6.07) is 0. The smallest absolute Gasteiger partial charge is 0.343 e. The predicted octanol–water partition coefficient (Wildman–Crippen LogP) is 2.36. The highest BCUT2D eigenvalue weighted by Crippen LogP contribution is 2.26. The molecule has 0 aromatic heterocycles. The lowest BCUT2D eigenvalue weighted by Crippen LogP contribution is -2.34. The molecule has 1 saturated carbocycles. The van der Waals surface area contributed by atoms with Crippen molar-refractivity contribution in [3.8, 4) is 0 Å². The number of unbranched alkanes of at least 4 members (excludes halogenated alkanes) is 1. The van der Waals surface area contributed by atoms with E-state index >= 15 is 0 Å². The molecule has 16 heavy (non-hydrogen) atoms. The lowest BCUT2D eigenvalue weighted by Gasteiger charge is -2.21. The van der Waals surface area contributed by atoms with Crippen molar-refractivity contribution in [3.63, 3.8) is 0 Å². The van der Waals surface area contributed by atoms with E-state index in [-0.39, 0.29) is 12.5 Å². The number of aliphatic hydroxyl groups excluding tert-OH is 1. The summed E-state index contributed by atoms with van der Waals surface area (Å²) in [5.74, 6) is -0.778. The standard InChI is InChI=1S/C12H21FO3/c1-3-4-7-12(2,13)11(15)16-10-6-5-9(14)8-10/h9-10,14H,3-8H2,1-2H3. The molecule has 3 unspecified atom stereocenters. The first-order valence-corrected chi connectivity index (χ1v) is 6.03. The van der Waals surface area contributed by atoms with E-state index in [0.717, 1.165) is 6.42 Å². The Morgan fingerprint density at radius 2 is 2.25 bits per heavy atom. The fourth-order valence-electron chi connectivity index (χ4n) is 1.91. The first kappa shape index (κ1) is 13.4. The van der Waals surface area contributed by atoms with E-state index in [1.165, 1.54) is 6.92 Å². The molecule has 0 spiro atoms. The van der Waals surface area contributed by atoms with Gasteiger partial charge in [0.1, 0.15) is 6.10 Å². The number of aliphatic hydroxyl groups is 1. The third-order valence-electron chi connectivity index (χ3n) is 3.06. The van der Waals surface area contributed by atoms with E-state index in [1.54, 1.807) is 0 Å². The molecule has 1 fully saturated rings. The molecule has 0 saturated heterocycles. The average Bonchev–Trinajstić information content (AvgIpc) is 2.61. The van der Waals surface area contributed by atoms with Gasteiger partial charge in [0.15, 0.2) is 0 Å². The van der Waals surface area contributed by atoms with Gasteiger partial charge in [0, 0.05) is 6.42 Å². The van der Waals surface area contributed by atoms with E-state index in [9.17, 15) is 14.3 Å². The largest absolute Gasteiger partial charge is 0.460 e. The molecule has 3 nitrogen and oxygen atoms in total. The van der Waals surface area contributed by atoms with Crippen LogP contribution in [0.1, 0.15) is 52.4 Å². The fourth-order valence-corrected chi connectivity index (χ4v) is 1.91. The molecule has 0 aliphatic heterocycles. The van der Waals surface area contributed by atoms with Crippen molar-refractivity contribution in [2.24, 2.45) is 0 Å². The number of alkyl halides is 1. The van der Waals surface area contributed by atoms with Crippen molar-refractivity contribution in [2.75, 3.05) is 0 Å². The first-order chi connectivity index (χ1) is 7.45. The van der Waals surface area contributed by atoms with E-state index in [0.29, 0.717) is 25.7 Å². The van der Waals surface area contributed by atoms with Crippen LogP contribution in [0.3, 0.4) is 0 Å². The minimum Gasteiger partial charge on any atom is -0.460 e. The maximum Gasteiger partial charge on any atom is 0.343 e. The molecular weight excluding hydrogens is 211 g/mol. The van der Waals surface area contributed by atoms with E-state index in [1.807, 2.05) is 6.92 Å². The summed E-state index contributed by atoms with van der Waals surface area (Å²) >= 11 is 0. The summed E-state index contributed by atoms with van der Waals surface area (Å²) in [7, 11) is 0. The minimum atomic E-state index is -1.89. The van der Waals surface area contributed by atoms with Gasteiger partial charge in [0.2, 0.25) is 5.67 Å². The zero-order valence-electron chi connectivity index (χ0n) is 10.0. The van der Waals surface area contributed by atoms with E-state index in [4.69, 9.17) is 4.74 Å². The van der Waals surface area contributed by atoms with Gasteiger partial charge in [-0.2, -0.15) is 0 Å². The highest BCUT2D eigenvalue weighted by Gasteiger charge is 2.37. The van der Waals surface area contributed by atoms with Gasteiger partial charge >= 0.3 is 5.97 Å². The van der Waals surface area contributed by atoms with Gasteiger partial charge in [-0.1, -0.05) is 13.3 Å². The van der Waals surface area contributed by atoms with E-state index in [2.05, 4.69) is 0 Å². The van der Waals surface area contributed by atoms with Crippen molar-refractivity contribution in [1.82, 2.24) is 0 Å². The van der Waals surface area contributed by atoms with Gasteiger partial charge in [-0.15, -0.1) is 0 Å². The van der Waals surface area contributed by atoms with Crippen molar-refractivity contribution in [2.45, 2.75) is 70.2 Å². The third-order valence-corrected chi connectivity index (χ3v) is 3.06. The summed E-state index contributed by atoms with van der Waals surface area (Å²) in [6.45, 7) is 3.23. The number of carbonyl (C=O) groups is 1. The Balaban J connectivity index is 2.38. The Morgan fingerprint density at radius 1 is 1.56 bits per heavy atom. The molecule has 0 radical (unpaired) electrons. The quantitative estimate of drug-likeness (QED) is 0.740. The van der Waals surface area contributed by atoms with Crippen LogP contribution in [0.25, 0.3) is 0 Å². The lowest BCUT2D eigenvalue weighted by molar-refractivity contribution is -0.162. The molecular formula is C12H21FO3. The highest BCUT2D eigenvalue weighted by molar-refractivity contribution is 5.79. The summed E-state index contributed by atoms with van der Waals surface area (Å²) < 4.78 is 19.0. The lowest BCUT2D eigenvalue weighted by atomic mass is 10.0. The number of carbonyl (C=O) groups excluding carboxylic acids is 1. The molecule has 1 aliphatic carbocycles. The van der Waals surface area contributed by atoms with Gasteiger partial charge in [-0.25, -0.2) is 9.18 Å². The third kappa shape index (κ3) is 3.74. The molecule has 0 bridgehead atoms. The van der Waals surface area contributed by atoms with Crippen molar-refractivity contribution in [1.29, 1.82) is 0 Å². The Labute approximate surface area is 96.0 Å². The Bertz CT molecular complexity index is 240. The Kier molecular flexibility index (Phi) is 4.71. The van der Waals surface area contributed by atoms with Gasteiger partial charge in [-0.3, -0.25) is 0 Å². The maximum absolute atomic E-state index is 13.9. The van der Waals surface area contributed by atoms with Crippen LogP contribution in [0.5, 0.6) is 0 Å². The van der Waals surface area contributed by atoms with Gasteiger partial charge in [-0.05, 0) is 32.6 Å². The normalized spacial score (nSPS) is 28.8. The molecule has 1 rings (SSSR count). The summed E-state index contributed by atoms with van der Waals surface area (Å²) in [6.07, 6.45) is 2.74. The second-order valence-electron chi connectivity index (χ2n) is 4.80. The van der Waals surface area contributed by atoms with Crippen molar-refractivity contribution >= 4 is 5.97 Å². The Hall–Kier alpha value is -0.640. The molecule has 0 heterocycles. The van der Waals surface area contributed by atoms with Crippen LogP contribution in [0.2, 0.25) is 0 Å². The number of esters is 1. The highest BCUT2D eigenvalue weighted by atomic mass is 19.1. The monoisotopic (exact) mass is 232 g/mol. The van der Waals surface area contributed by atoms with Crippen LogP contribution < -0.4 is 0 Å². The molecule has 1 aliphatic rings. The number of hydrogen-bond acceptors (Lipinski definition) is 3. The zero-order chi connectivity index (χ0) is 12.2. The fraction of sp³-hybridized carbons (Fsp3) is 0.917. The van der Waals surface area contributed by atoms with Gasteiger partial charge in [0.25, 0.3) is 0 Å². The summed E-state index contributed by atoms with van der Waals surface area (Å²) in [5, 5.41) is 9.27. The molecule has 1 N–H and O–H groups in total. The second-order valence-corrected chi connectivity index (χ2v) is 4.80. The Morgan fingerprint density at radius 3 is 2.75 bits per heavy atom.